The van der Waals surface area contributed by atoms with E-state index in [0.29, 0.717) is 0 Å². The second kappa shape index (κ2) is 6.27. The molecule has 0 aromatic heterocycles. The van der Waals surface area contributed by atoms with Crippen molar-refractivity contribution in [2.24, 2.45) is 5.73 Å². The highest BCUT2D eigenvalue weighted by molar-refractivity contribution is 7.90. The van der Waals surface area contributed by atoms with Crippen molar-refractivity contribution in [1.29, 1.82) is 0 Å². The van der Waals surface area contributed by atoms with Crippen molar-refractivity contribution in [2.75, 3.05) is 14.2 Å². The highest BCUT2D eigenvalue weighted by Crippen LogP contribution is 2.13. The molecule has 2 unspecified atom stereocenters. The average Bonchev–Trinajstić information content (AvgIpc) is 2.24. The molecule has 0 aliphatic rings. The molecule has 0 saturated carbocycles. The van der Waals surface area contributed by atoms with E-state index in [1.165, 1.54) is 14.0 Å². The number of hydrogen-bond donors (Lipinski definition) is 1. The Morgan fingerprint density at radius 2 is 1.94 bits per heavy atom. The maximum absolute atomic E-state index is 12.0. The molecule has 6 nitrogen and oxygen atoms in total. The SMILES string of the molecule is COC(=O)C(C)S(=O)(=O)N(C)C(C)CC(N)=S. The number of carbonyl (C=O) groups excluding carboxylic acids is 1. The predicted molar refractivity (Wildman–Crippen MR) is 69.0 cm³/mol. The second-order valence-corrected chi connectivity index (χ2v) is 6.58. The van der Waals surface area contributed by atoms with Gasteiger partial charge in [0.25, 0.3) is 0 Å². The quantitative estimate of drug-likeness (QED) is 0.539. The van der Waals surface area contributed by atoms with Crippen LogP contribution in [0.15, 0.2) is 0 Å². The Bertz CT molecular complexity index is 394. The summed E-state index contributed by atoms with van der Waals surface area (Å²) >= 11 is 4.72. The molecule has 100 valence electrons. The summed E-state index contributed by atoms with van der Waals surface area (Å²) in [5, 5.41) is -1.24. The van der Waals surface area contributed by atoms with Crippen LogP contribution in [0.2, 0.25) is 0 Å². The third kappa shape index (κ3) is 4.21. The summed E-state index contributed by atoms with van der Waals surface area (Å²) < 4.78 is 29.5. The summed E-state index contributed by atoms with van der Waals surface area (Å²) in [5.41, 5.74) is 5.35. The zero-order valence-corrected chi connectivity index (χ0v) is 12.0. The highest BCUT2D eigenvalue weighted by atomic mass is 32.2. The van der Waals surface area contributed by atoms with Gasteiger partial charge in [0.1, 0.15) is 0 Å². The van der Waals surface area contributed by atoms with Gasteiger partial charge in [0.15, 0.2) is 5.25 Å². The average molecular weight is 282 g/mol. The Kier molecular flexibility index (Phi) is 6.00. The molecule has 8 heteroatoms. The van der Waals surface area contributed by atoms with Crippen molar-refractivity contribution >= 4 is 33.2 Å². The molecule has 0 aliphatic carbocycles. The Labute approximate surface area is 107 Å². The lowest BCUT2D eigenvalue weighted by Crippen LogP contribution is -2.44. The molecular formula is C9H18N2O4S2. The van der Waals surface area contributed by atoms with E-state index >= 15 is 0 Å². The monoisotopic (exact) mass is 282 g/mol. The largest absolute Gasteiger partial charge is 0.468 e. The van der Waals surface area contributed by atoms with Crippen molar-refractivity contribution in [3.8, 4) is 0 Å². The van der Waals surface area contributed by atoms with Crippen LogP contribution in [0.25, 0.3) is 0 Å². The summed E-state index contributed by atoms with van der Waals surface area (Å²) in [6.45, 7) is 2.95. The predicted octanol–water partition coefficient (Wildman–Crippen LogP) is -0.126. The number of nitrogens with two attached hydrogens (primary N) is 1. The standard InChI is InChI=1S/C9H18N2O4S2/c1-6(5-8(10)16)11(3)17(13,14)7(2)9(12)15-4/h6-7H,5H2,1-4H3,(H2,10,16). The van der Waals surface area contributed by atoms with E-state index in [-0.39, 0.29) is 11.4 Å². The number of thiocarbonyl (C=S) groups is 1. The van der Waals surface area contributed by atoms with Gasteiger partial charge in [-0.2, -0.15) is 0 Å². The lowest BCUT2D eigenvalue weighted by atomic mass is 10.2. The van der Waals surface area contributed by atoms with Crippen LogP contribution in [0.4, 0.5) is 0 Å². The molecule has 17 heavy (non-hydrogen) atoms. The van der Waals surface area contributed by atoms with Crippen molar-refractivity contribution in [3.05, 3.63) is 0 Å². The van der Waals surface area contributed by atoms with Gasteiger partial charge in [-0.25, -0.2) is 12.7 Å². The van der Waals surface area contributed by atoms with Crippen LogP contribution in [-0.4, -0.2) is 49.1 Å². The lowest BCUT2D eigenvalue weighted by Gasteiger charge is -2.26. The number of methoxy groups -OCH3 is 1. The molecular weight excluding hydrogens is 264 g/mol. The molecule has 2 atom stereocenters. The Balaban J connectivity index is 4.93. The lowest BCUT2D eigenvalue weighted by molar-refractivity contribution is -0.139. The fourth-order valence-corrected chi connectivity index (χ4v) is 2.86. The van der Waals surface area contributed by atoms with Gasteiger partial charge < -0.3 is 10.5 Å². The zero-order valence-electron chi connectivity index (χ0n) is 10.3. The van der Waals surface area contributed by atoms with Crippen LogP contribution in [0.3, 0.4) is 0 Å². The number of ether oxygens (including phenoxy) is 1. The summed E-state index contributed by atoms with van der Waals surface area (Å²) in [5.74, 6) is -0.792. The molecule has 0 radical (unpaired) electrons. The minimum absolute atomic E-state index is 0.227. The fourth-order valence-electron chi connectivity index (χ4n) is 1.21. The van der Waals surface area contributed by atoms with E-state index in [9.17, 15) is 13.2 Å². The van der Waals surface area contributed by atoms with Gasteiger partial charge in [0, 0.05) is 19.5 Å². The molecule has 2 N–H and O–H groups in total. The van der Waals surface area contributed by atoms with Gasteiger partial charge in [-0.05, 0) is 13.8 Å². The van der Waals surface area contributed by atoms with Gasteiger partial charge in [0.2, 0.25) is 10.0 Å². The van der Waals surface area contributed by atoms with Crippen LogP contribution in [0.1, 0.15) is 20.3 Å². The zero-order chi connectivity index (χ0) is 13.8. The highest BCUT2D eigenvalue weighted by Gasteiger charge is 2.34. The van der Waals surface area contributed by atoms with Gasteiger partial charge in [-0.1, -0.05) is 12.2 Å². The summed E-state index contributed by atoms with van der Waals surface area (Å²) in [4.78, 5) is 11.5. The first-order valence-electron chi connectivity index (χ1n) is 4.97. The van der Waals surface area contributed by atoms with Gasteiger partial charge in [-0.15, -0.1) is 0 Å². The Hall–Kier alpha value is -0.730. The van der Waals surface area contributed by atoms with Crippen molar-refractivity contribution in [2.45, 2.75) is 31.6 Å². The molecule has 0 aromatic rings. The van der Waals surface area contributed by atoms with E-state index in [1.54, 1.807) is 6.92 Å². The fraction of sp³-hybridized carbons (Fsp3) is 0.778. The first-order chi connectivity index (χ1) is 7.64. The number of nitrogens with zero attached hydrogens (tertiary/aromatic N) is 1. The number of rotatable bonds is 6. The van der Waals surface area contributed by atoms with Crippen LogP contribution in [-0.2, 0) is 19.6 Å². The van der Waals surface area contributed by atoms with Gasteiger partial charge in [0.05, 0.1) is 12.1 Å². The maximum atomic E-state index is 12.0. The first-order valence-corrected chi connectivity index (χ1v) is 6.88. The smallest absolute Gasteiger partial charge is 0.325 e. The summed E-state index contributed by atoms with van der Waals surface area (Å²) in [6.07, 6.45) is 0.263. The number of esters is 1. The summed E-state index contributed by atoms with van der Waals surface area (Å²) in [7, 11) is -1.22. The number of hydrogen-bond acceptors (Lipinski definition) is 5. The minimum atomic E-state index is -3.75. The molecule has 0 rings (SSSR count). The van der Waals surface area contributed by atoms with Crippen LogP contribution < -0.4 is 5.73 Å². The third-order valence-electron chi connectivity index (χ3n) is 2.50. The molecule has 0 spiro atoms. The van der Waals surface area contributed by atoms with Crippen molar-refractivity contribution in [1.82, 2.24) is 4.31 Å². The minimum Gasteiger partial charge on any atom is -0.468 e. The van der Waals surface area contributed by atoms with E-state index in [2.05, 4.69) is 4.74 Å². The van der Waals surface area contributed by atoms with Crippen LogP contribution in [0, 0.1) is 0 Å². The Morgan fingerprint density at radius 3 is 2.29 bits per heavy atom. The van der Waals surface area contributed by atoms with E-state index in [4.69, 9.17) is 18.0 Å². The topological polar surface area (TPSA) is 89.7 Å². The van der Waals surface area contributed by atoms with Gasteiger partial charge in [-0.3, -0.25) is 4.79 Å². The molecule has 0 saturated heterocycles. The van der Waals surface area contributed by atoms with E-state index in [1.807, 2.05) is 0 Å². The van der Waals surface area contributed by atoms with E-state index in [0.717, 1.165) is 11.4 Å². The number of carbonyl (C=O) groups is 1. The normalized spacial score (nSPS) is 15.4. The van der Waals surface area contributed by atoms with Crippen molar-refractivity contribution in [3.63, 3.8) is 0 Å². The third-order valence-corrected chi connectivity index (χ3v) is 4.91. The maximum Gasteiger partial charge on any atom is 0.325 e. The molecule has 0 bridgehead atoms. The van der Waals surface area contributed by atoms with Gasteiger partial charge >= 0.3 is 5.97 Å². The van der Waals surface area contributed by atoms with Crippen molar-refractivity contribution < 1.29 is 17.9 Å². The molecule has 0 fully saturated rings. The summed E-state index contributed by atoms with van der Waals surface area (Å²) in [6, 6.07) is -0.399. The Morgan fingerprint density at radius 1 is 1.47 bits per heavy atom. The molecule has 0 heterocycles. The van der Waals surface area contributed by atoms with Crippen LogP contribution in [0.5, 0.6) is 0 Å². The van der Waals surface area contributed by atoms with Crippen LogP contribution >= 0.6 is 12.2 Å². The molecule has 0 aromatic carbocycles. The molecule has 0 aliphatic heterocycles. The van der Waals surface area contributed by atoms with E-state index < -0.39 is 27.3 Å². The second-order valence-electron chi connectivity index (χ2n) is 3.75. The number of sulfonamides is 1. The molecule has 0 amide bonds. The first kappa shape index (κ1) is 16.3.